The summed E-state index contributed by atoms with van der Waals surface area (Å²) in [4.78, 5) is 27.9. The molecule has 2 aromatic carbocycles. The molecule has 0 spiro atoms. The molecule has 40 heavy (non-hydrogen) atoms. The molecule has 2 aliphatic rings. The van der Waals surface area contributed by atoms with E-state index < -0.39 is 14.4 Å². The van der Waals surface area contributed by atoms with Crippen molar-refractivity contribution in [3.8, 4) is 11.5 Å². The van der Waals surface area contributed by atoms with Gasteiger partial charge in [-0.2, -0.15) is 0 Å². The van der Waals surface area contributed by atoms with Crippen LogP contribution in [0.4, 0.5) is 0 Å². The predicted octanol–water partition coefficient (Wildman–Crippen LogP) is 1.45. The van der Waals surface area contributed by atoms with Gasteiger partial charge in [0.15, 0.2) is 0 Å². The maximum atomic E-state index is 12.3. The van der Waals surface area contributed by atoms with E-state index in [0.717, 1.165) is 63.2 Å². The third kappa shape index (κ3) is 9.53. The Morgan fingerprint density at radius 2 is 1.25 bits per heavy atom. The average molecular weight is 558 g/mol. The number of nitrogens with zero attached hydrogens (tertiary/aromatic N) is 2. The molecule has 0 aromatic heterocycles. The van der Waals surface area contributed by atoms with E-state index in [0.29, 0.717) is 11.3 Å². The van der Waals surface area contributed by atoms with E-state index in [1.165, 1.54) is 28.4 Å². The van der Waals surface area contributed by atoms with Crippen molar-refractivity contribution in [2.75, 3.05) is 61.7 Å². The molecule has 0 aliphatic carbocycles. The Hall–Kier alpha value is -3.09. The number of benzene rings is 2. The number of amides is 2. The molecular weight excluding hydrogens is 518 g/mol. The minimum absolute atomic E-state index is 0.117. The Balaban J connectivity index is 0.000000230. The second kappa shape index (κ2) is 17.6. The average Bonchev–Trinajstić information content (AvgIpc) is 3.73. The Kier molecular flexibility index (Phi) is 14.5. The fourth-order valence-corrected chi connectivity index (χ4v) is 4.41. The fraction of sp³-hybridized carbons (Fsp3) is 0.481. The second-order valence-electron chi connectivity index (χ2n) is 9.02. The van der Waals surface area contributed by atoms with Gasteiger partial charge in [0.05, 0.1) is 14.2 Å². The summed E-state index contributed by atoms with van der Waals surface area (Å²) in [6.45, 7) is 3.21. The normalized spacial score (nSPS) is 14.0. The molecule has 0 saturated carbocycles. The van der Waals surface area contributed by atoms with Crippen molar-refractivity contribution in [3.63, 3.8) is 0 Å². The molecule has 2 fully saturated rings. The zero-order chi connectivity index (χ0) is 29.5. The molecule has 2 amide bonds. The maximum Gasteiger partial charge on any atom is 0.638 e. The summed E-state index contributed by atoms with van der Waals surface area (Å²) < 4.78 is 24.0. The van der Waals surface area contributed by atoms with Gasteiger partial charge < -0.3 is 43.3 Å². The van der Waals surface area contributed by atoms with E-state index in [1.807, 2.05) is 23.1 Å². The van der Waals surface area contributed by atoms with Crippen LogP contribution >= 0.6 is 0 Å². The van der Waals surface area contributed by atoms with Gasteiger partial charge in [0.1, 0.15) is 11.5 Å². The number of hydrogen-bond donors (Lipinski definition) is 2. The van der Waals surface area contributed by atoms with Crippen LogP contribution in [0.15, 0.2) is 42.5 Å². The molecule has 0 bridgehead atoms. The highest BCUT2D eigenvalue weighted by Crippen LogP contribution is 2.18. The van der Waals surface area contributed by atoms with Crippen LogP contribution in [0.2, 0.25) is 0 Å². The Bertz CT molecular complexity index is 1050. The van der Waals surface area contributed by atoms with E-state index in [1.54, 1.807) is 36.3 Å². The molecule has 11 nitrogen and oxygen atoms in total. The summed E-state index contributed by atoms with van der Waals surface area (Å²) in [7, 11) is 5.35. The lowest BCUT2D eigenvalue weighted by Crippen LogP contribution is -2.40. The van der Waals surface area contributed by atoms with Gasteiger partial charge in [-0.3, -0.25) is 9.59 Å². The van der Waals surface area contributed by atoms with Crippen molar-refractivity contribution in [2.24, 2.45) is 0 Å². The van der Waals surface area contributed by atoms with E-state index in [2.05, 4.69) is 14.0 Å². The molecule has 0 radical (unpaired) electrons. The van der Waals surface area contributed by atoms with E-state index in [4.69, 9.17) is 9.47 Å². The van der Waals surface area contributed by atoms with Gasteiger partial charge in [-0.1, -0.05) is 12.1 Å². The molecule has 2 aromatic rings. The van der Waals surface area contributed by atoms with Crippen LogP contribution in [-0.2, 0) is 14.0 Å². The molecule has 4 rings (SSSR count). The van der Waals surface area contributed by atoms with Gasteiger partial charge in [0.25, 0.3) is 11.8 Å². The minimum atomic E-state index is -1.72. The first-order valence-corrected chi connectivity index (χ1v) is 13.1. The maximum absolute atomic E-state index is 12.3. The molecule has 218 valence electrons. The number of methoxy groups -OCH3 is 2. The largest absolute Gasteiger partial charge is 0.638 e. The first-order chi connectivity index (χ1) is 19.3. The van der Waals surface area contributed by atoms with Crippen LogP contribution in [0, 0.1) is 0 Å². The summed E-state index contributed by atoms with van der Waals surface area (Å²) in [6, 6.07) is 12.2. The molecule has 2 saturated heterocycles. The summed E-state index contributed by atoms with van der Waals surface area (Å²) in [5.41, 5.74) is 1.15. The lowest BCUT2D eigenvalue weighted by molar-refractivity contribution is 0.0785. The molecule has 2 N–H and O–H groups in total. The van der Waals surface area contributed by atoms with Gasteiger partial charge in [0, 0.05) is 64.1 Å². The monoisotopic (exact) mass is 558 g/mol. The Labute approximate surface area is 237 Å². The van der Waals surface area contributed by atoms with Crippen molar-refractivity contribution >= 4 is 31.7 Å². The van der Waals surface area contributed by atoms with E-state index in [9.17, 15) is 19.6 Å². The Morgan fingerprint density at radius 1 is 0.725 bits per heavy atom. The van der Waals surface area contributed by atoms with Crippen LogP contribution in [0.5, 0.6) is 11.5 Å². The molecular formula is C27H40B2N2O9. The third-order valence-electron chi connectivity index (χ3n) is 6.46. The number of rotatable bonds is 8. The van der Waals surface area contributed by atoms with Crippen molar-refractivity contribution < 1.29 is 43.1 Å². The lowest BCUT2D eigenvalue weighted by atomic mass is 9.76. The minimum Gasteiger partial charge on any atom is -0.497 e. The highest BCUT2D eigenvalue weighted by atomic mass is 16.7. The molecule has 2 aliphatic heterocycles. The van der Waals surface area contributed by atoms with Crippen LogP contribution in [0.1, 0.15) is 46.4 Å². The van der Waals surface area contributed by atoms with E-state index >= 15 is 0 Å². The standard InChI is InChI=1S/C12H16BNO4.C12H15NO2.C3H9BO3/c1-18-10-6-4-5-9(11(10)13(16)17)12(15)14-7-2-3-8-14;1-15-11-6-4-5-10(9-11)12(14)13-7-2-3-8-13;1-5-4(6-2)7-3/h4-6,16-17H,2-3,7-8H2,1H3;4-6,9H,2-3,7-8H2,1H3;1-3H3. The first kappa shape index (κ1) is 33.1. The zero-order valence-corrected chi connectivity index (χ0v) is 24.0. The summed E-state index contributed by atoms with van der Waals surface area (Å²) in [5.74, 6) is 0.996. The van der Waals surface area contributed by atoms with Gasteiger partial charge in [-0.05, 0) is 56.0 Å². The number of hydrogen-bond acceptors (Lipinski definition) is 9. The van der Waals surface area contributed by atoms with Crippen molar-refractivity contribution in [3.05, 3.63) is 53.6 Å². The van der Waals surface area contributed by atoms with Crippen LogP contribution < -0.4 is 14.9 Å². The smallest absolute Gasteiger partial charge is 0.497 e. The number of ether oxygens (including phenoxy) is 2. The number of carbonyl (C=O) groups is 2. The third-order valence-corrected chi connectivity index (χ3v) is 6.46. The SMILES string of the molecule is COB(OC)OC.COc1cccc(C(=O)N2CCCC2)c1.COc1cccc(C(=O)N2CCCC2)c1B(O)O. The lowest BCUT2D eigenvalue weighted by Gasteiger charge is -2.19. The Morgan fingerprint density at radius 3 is 1.70 bits per heavy atom. The van der Waals surface area contributed by atoms with Crippen molar-refractivity contribution in [1.29, 1.82) is 0 Å². The summed E-state index contributed by atoms with van der Waals surface area (Å²) >= 11 is 0. The van der Waals surface area contributed by atoms with Crippen LogP contribution in [0.3, 0.4) is 0 Å². The second-order valence-corrected chi connectivity index (χ2v) is 9.02. The van der Waals surface area contributed by atoms with Crippen LogP contribution in [0.25, 0.3) is 0 Å². The highest BCUT2D eigenvalue weighted by molar-refractivity contribution is 6.61. The van der Waals surface area contributed by atoms with Crippen LogP contribution in [-0.4, -0.2) is 108 Å². The molecule has 13 heteroatoms. The van der Waals surface area contributed by atoms with Gasteiger partial charge >= 0.3 is 14.4 Å². The number of likely N-dealkylation sites (tertiary alicyclic amines) is 2. The van der Waals surface area contributed by atoms with Crippen molar-refractivity contribution in [1.82, 2.24) is 9.80 Å². The first-order valence-electron chi connectivity index (χ1n) is 13.1. The van der Waals surface area contributed by atoms with Gasteiger partial charge in [-0.15, -0.1) is 0 Å². The van der Waals surface area contributed by atoms with Gasteiger partial charge in [0.2, 0.25) is 0 Å². The summed E-state index contributed by atoms with van der Waals surface area (Å²) in [6.07, 6.45) is 4.23. The zero-order valence-electron chi connectivity index (χ0n) is 24.0. The van der Waals surface area contributed by atoms with Crippen molar-refractivity contribution in [2.45, 2.75) is 25.7 Å². The molecule has 0 unspecified atom stereocenters. The predicted molar refractivity (Wildman–Crippen MR) is 153 cm³/mol. The molecule has 2 heterocycles. The quantitative estimate of drug-likeness (QED) is 0.463. The topological polar surface area (TPSA) is 127 Å². The molecule has 0 atom stereocenters. The highest BCUT2D eigenvalue weighted by Gasteiger charge is 2.28. The summed E-state index contributed by atoms with van der Waals surface area (Å²) in [5, 5.41) is 18.8. The fourth-order valence-electron chi connectivity index (χ4n) is 4.41. The van der Waals surface area contributed by atoms with Gasteiger partial charge in [-0.25, -0.2) is 0 Å². The van der Waals surface area contributed by atoms with E-state index in [-0.39, 0.29) is 17.3 Å². The number of carbonyl (C=O) groups excluding carboxylic acids is 2.